The van der Waals surface area contributed by atoms with Crippen LogP contribution in [0.4, 0.5) is 14.5 Å². The lowest BCUT2D eigenvalue weighted by atomic mass is 10.1. The number of hydrogen-bond acceptors (Lipinski definition) is 3. The molecule has 2 aromatic rings. The van der Waals surface area contributed by atoms with Crippen molar-refractivity contribution in [3.63, 3.8) is 0 Å². The Morgan fingerprint density at radius 2 is 1.68 bits per heavy atom. The molecule has 0 radical (unpaired) electrons. The van der Waals surface area contributed by atoms with E-state index in [0.717, 1.165) is 42.5 Å². The molecule has 5 heteroatoms. The molecule has 0 N–H and O–H groups in total. The van der Waals surface area contributed by atoms with Crippen LogP contribution in [0, 0.1) is 11.6 Å². The van der Waals surface area contributed by atoms with Gasteiger partial charge in [0.25, 0.3) is 0 Å². The van der Waals surface area contributed by atoms with Gasteiger partial charge < -0.3 is 9.80 Å². The maximum Gasteiger partial charge on any atom is 0.188 e. The van der Waals surface area contributed by atoms with Crippen LogP contribution in [0.3, 0.4) is 0 Å². The number of ketones is 1. The van der Waals surface area contributed by atoms with Gasteiger partial charge in [-0.15, -0.1) is 0 Å². The molecular formula is C20H22F2N2O. The molecule has 2 rings (SSSR count). The van der Waals surface area contributed by atoms with Crippen molar-refractivity contribution in [3.8, 4) is 0 Å². The van der Waals surface area contributed by atoms with Gasteiger partial charge in [0.05, 0.1) is 5.56 Å². The molecule has 0 amide bonds. The minimum absolute atomic E-state index is 0.267. The summed E-state index contributed by atoms with van der Waals surface area (Å²) in [4.78, 5) is 16.3. The molecule has 3 nitrogen and oxygen atoms in total. The van der Waals surface area contributed by atoms with Gasteiger partial charge in [-0.1, -0.05) is 18.2 Å². The molecule has 25 heavy (non-hydrogen) atoms. The molecular weight excluding hydrogens is 322 g/mol. The Balaban J connectivity index is 2.04. The van der Waals surface area contributed by atoms with E-state index < -0.39 is 17.4 Å². The maximum atomic E-state index is 13.6. The second kappa shape index (κ2) is 8.53. The molecule has 0 aliphatic carbocycles. The number of rotatable bonds is 7. The van der Waals surface area contributed by atoms with Gasteiger partial charge >= 0.3 is 0 Å². The van der Waals surface area contributed by atoms with Crippen LogP contribution in [0.5, 0.6) is 0 Å². The third-order valence-corrected chi connectivity index (χ3v) is 3.84. The summed E-state index contributed by atoms with van der Waals surface area (Å²) in [5.74, 6) is -1.93. The lowest BCUT2D eigenvalue weighted by molar-refractivity contribution is 0.104. The Morgan fingerprint density at radius 1 is 1.00 bits per heavy atom. The fourth-order valence-electron chi connectivity index (χ4n) is 2.27. The van der Waals surface area contributed by atoms with Crippen LogP contribution in [-0.2, 0) is 0 Å². The van der Waals surface area contributed by atoms with Crippen molar-refractivity contribution in [3.05, 3.63) is 71.3 Å². The fourth-order valence-corrected chi connectivity index (χ4v) is 2.27. The normalized spacial score (nSPS) is 11.3. The van der Waals surface area contributed by atoms with E-state index in [-0.39, 0.29) is 5.56 Å². The highest BCUT2D eigenvalue weighted by Gasteiger charge is 2.10. The topological polar surface area (TPSA) is 23.6 Å². The zero-order valence-corrected chi connectivity index (χ0v) is 14.7. The number of carbonyl (C=O) groups excluding carboxylic acids is 1. The molecule has 0 unspecified atom stereocenters. The molecule has 0 saturated carbocycles. The smallest absolute Gasteiger partial charge is 0.188 e. The van der Waals surface area contributed by atoms with Gasteiger partial charge in [-0.2, -0.15) is 0 Å². The number of hydrogen-bond donors (Lipinski definition) is 0. The number of halogens is 2. The molecule has 0 aliphatic heterocycles. The second-order valence-electron chi connectivity index (χ2n) is 6.14. The quantitative estimate of drug-likeness (QED) is 0.563. The number of carbonyl (C=O) groups is 1. The van der Waals surface area contributed by atoms with Crippen LogP contribution >= 0.6 is 0 Å². The first-order chi connectivity index (χ1) is 11.9. The minimum atomic E-state index is -0.728. The first-order valence-electron chi connectivity index (χ1n) is 8.00. The molecule has 0 fully saturated rings. The average Bonchev–Trinajstić information content (AvgIpc) is 2.60. The lowest BCUT2D eigenvalue weighted by Crippen LogP contribution is -2.28. The molecule has 0 aliphatic rings. The highest BCUT2D eigenvalue weighted by atomic mass is 19.1. The van der Waals surface area contributed by atoms with E-state index in [1.165, 1.54) is 6.08 Å². The Labute approximate surface area is 147 Å². The second-order valence-corrected chi connectivity index (χ2v) is 6.14. The third-order valence-electron chi connectivity index (χ3n) is 3.84. The summed E-state index contributed by atoms with van der Waals surface area (Å²) >= 11 is 0. The van der Waals surface area contributed by atoms with Crippen molar-refractivity contribution in [2.24, 2.45) is 0 Å². The molecule has 0 saturated heterocycles. The van der Waals surface area contributed by atoms with E-state index in [1.807, 2.05) is 45.4 Å². The molecule has 132 valence electrons. The van der Waals surface area contributed by atoms with E-state index in [0.29, 0.717) is 0 Å². The lowest BCUT2D eigenvalue weighted by Gasteiger charge is -2.21. The highest BCUT2D eigenvalue weighted by molar-refractivity contribution is 6.07. The van der Waals surface area contributed by atoms with Gasteiger partial charge in [0.2, 0.25) is 0 Å². The predicted molar refractivity (Wildman–Crippen MR) is 98.0 cm³/mol. The summed E-state index contributed by atoms with van der Waals surface area (Å²) < 4.78 is 26.7. The number of likely N-dealkylation sites (N-methyl/N-ethyl adjacent to an activating group) is 2. The Hall–Kier alpha value is -2.53. The minimum Gasteiger partial charge on any atom is -0.373 e. The summed E-state index contributed by atoms with van der Waals surface area (Å²) in [7, 11) is 6.07. The third kappa shape index (κ3) is 5.50. The maximum absolute atomic E-state index is 13.6. The van der Waals surface area contributed by atoms with Gasteiger partial charge in [-0.25, -0.2) is 8.78 Å². The summed E-state index contributed by atoms with van der Waals surface area (Å²) in [6, 6.07) is 10.5. The molecule has 0 aromatic heterocycles. The molecule has 2 aromatic carbocycles. The number of anilines is 1. The summed E-state index contributed by atoms with van der Waals surface area (Å²) in [5.41, 5.74) is 1.62. The van der Waals surface area contributed by atoms with Gasteiger partial charge in [0, 0.05) is 25.8 Å². The average molecular weight is 344 g/mol. The first kappa shape index (κ1) is 18.8. The summed E-state index contributed by atoms with van der Waals surface area (Å²) in [6.07, 6.45) is 2.85. The Morgan fingerprint density at radius 3 is 2.32 bits per heavy atom. The Kier molecular flexibility index (Phi) is 6.42. The van der Waals surface area contributed by atoms with Crippen LogP contribution < -0.4 is 4.90 Å². The van der Waals surface area contributed by atoms with E-state index in [4.69, 9.17) is 0 Å². The number of benzene rings is 2. The van der Waals surface area contributed by atoms with E-state index in [1.54, 1.807) is 6.08 Å². The molecule has 0 spiro atoms. The van der Waals surface area contributed by atoms with Gasteiger partial charge in [-0.05, 0) is 56.1 Å². The van der Waals surface area contributed by atoms with Crippen LogP contribution in [-0.4, -0.2) is 44.9 Å². The molecule has 0 bridgehead atoms. The Bertz CT molecular complexity index is 755. The van der Waals surface area contributed by atoms with Crippen molar-refractivity contribution >= 4 is 17.5 Å². The van der Waals surface area contributed by atoms with Crippen molar-refractivity contribution in [2.45, 2.75) is 0 Å². The fraction of sp³-hybridized carbons (Fsp3) is 0.250. The van der Waals surface area contributed by atoms with Gasteiger partial charge in [0.1, 0.15) is 11.6 Å². The van der Waals surface area contributed by atoms with Crippen molar-refractivity contribution in [2.75, 3.05) is 39.1 Å². The standard InChI is InChI=1S/C20H22F2N2O/c1-23(2)12-13-24(3)17-8-4-15(5-9-17)6-11-20(25)18-14-16(21)7-10-19(18)22/h4-11,14H,12-13H2,1-3H3/b11-6+. The largest absolute Gasteiger partial charge is 0.373 e. The highest BCUT2D eigenvalue weighted by Crippen LogP contribution is 2.16. The van der Waals surface area contributed by atoms with Crippen LogP contribution in [0.15, 0.2) is 48.5 Å². The zero-order chi connectivity index (χ0) is 18.4. The number of allylic oxidation sites excluding steroid dienone is 1. The monoisotopic (exact) mass is 344 g/mol. The molecule has 0 atom stereocenters. The van der Waals surface area contributed by atoms with Crippen molar-refractivity contribution < 1.29 is 13.6 Å². The first-order valence-corrected chi connectivity index (χ1v) is 8.00. The van der Waals surface area contributed by atoms with Crippen LogP contribution in [0.1, 0.15) is 15.9 Å². The SMILES string of the molecule is CN(C)CCN(C)c1ccc(/C=C/C(=O)c2cc(F)ccc2F)cc1. The molecule has 0 heterocycles. The van der Waals surface area contributed by atoms with Crippen LogP contribution in [0.2, 0.25) is 0 Å². The number of nitrogens with zero attached hydrogens (tertiary/aromatic N) is 2. The zero-order valence-electron chi connectivity index (χ0n) is 14.7. The van der Waals surface area contributed by atoms with Gasteiger partial charge in [0.15, 0.2) is 5.78 Å². The summed E-state index contributed by atoms with van der Waals surface area (Å²) in [6.45, 7) is 1.85. The van der Waals surface area contributed by atoms with Crippen molar-refractivity contribution in [1.82, 2.24) is 4.90 Å². The van der Waals surface area contributed by atoms with Crippen molar-refractivity contribution in [1.29, 1.82) is 0 Å². The summed E-state index contributed by atoms with van der Waals surface area (Å²) in [5, 5.41) is 0. The van der Waals surface area contributed by atoms with E-state index >= 15 is 0 Å². The van der Waals surface area contributed by atoms with Gasteiger partial charge in [-0.3, -0.25) is 4.79 Å². The van der Waals surface area contributed by atoms with Crippen LogP contribution in [0.25, 0.3) is 6.08 Å². The van der Waals surface area contributed by atoms with E-state index in [2.05, 4.69) is 9.80 Å². The predicted octanol–water partition coefficient (Wildman–Crippen LogP) is 3.86. The van der Waals surface area contributed by atoms with E-state index in [9.17, 15) is 13.6 Å².